The third-order valence-electron chi connectivity index (χ3n) is 6.18. The van der Waals surface area contributed by atoms with E-state index in [1.807, 2.05) is 0 Å². The average molecular weight is 549 g/mol. The number of amides is 1. The van der Waals surface area contributed by atoms with E-state index in [2.05, 4.69) is 20.6 Å². The van der Waals surface area contributed by atoms with Gasteiger partial charge in [-0.15, -0.1) is 0 Å². The van der Waals surface area contributed by atoms with Crippen molar-refractivity contribution in [2.24, 2.45) is 0 Å². The van der Waals surface area contributed by atoms with Gasteiger partial charge in [-0.1, -0.05) is 0 Å². The van der Waals surface area contributed by atoms with Crippen LogP contribution in [0.2, 0.25) is 0 Å². The molecule has 1 fully saturated rings. The van der Waals surface area contributed by atoms with Crippen LogP contribution in [-0.2, 0) is 31.2 Å². The molecule has 198 valence electrons. The fourth-order valence-corrected chi connectivity index (χ4v) is 5.67. The van der Waals surface area contributed by atoms with Crippen LogP contribution in [0.15, 0.2) is 46.2 Å². The number of carbonyl (C=O) groups is 1. The number of fused-ring (bicyclic) bond motifs is 1. The number of sulfone groups is 1. The summed E-state index contributed by atoms with van der Waals surface area (Å²) >= 11 is 0. The third kappa shape index (κ3) is 6.32. The Labute approximate surface area is 214 Å². The zero-order valence-electron chi connectivity index (χ0n) is 20.6. The highest BCUT2D eigenvalue weighted by Gasteiger charge is 2.25. The summed E-state index contributed by atoms with van der Waals surface area (Å²) in [4.78, 5) is 34.6. The maximum atomic E-state index is 12.8. The van der Waals surface area contributed by atoms with Gasteiger partial charge in [-0.2, -0.15) is 4.98 Å². The number of pyridine rings is 1. The van der Waals surface area contributed by atoms with E-state index in [0.717, 1.165) is 6.26 Å². The van der Waals surface area contributed by atoms with Crippen molar-refractivity contribution in [3.8, 4) is 0 Å². The van der Waals surface area contributed by atoms with Crippen LogP contribution in [0.1, 0.15) is 18.4 Å². The summed E-state index contributed by atoms with van der Waals surface area (Å²) in [5, 5.41) is 6.49. The highest BCUT2D eigenvalue weighted by Crippen LogP contribution is 2.20. The maximum absolute atomic E-state index is 12.8. The molecule has 0 unspecified atom stereocenters. The summed E-state index contributed by atoms with van der Waals surface area (Å²) in [6, 6.07) is 7.10. The zero-order valence-corrected chi connectivity index (χ0v) is 22.3. The number of benzene rings is 1. The first-order valence-electron chi connectivity index (χ1n) is 11.5. The first kappa shape index (κ1) is 26.7. The van der Waals surface area contributed by atoms with Gasteiger partial charge in [0, 0.05) is 48.7 Å². The van der Waals surface area contributed by atoms with E-state index in [-0.39, 0.29) is 23.4 Å². The van der Waals surface area contributed by atoms with Crippen LogP contribution in [-0.4, -0.2) is 73.2 Å². The quantitative estimate of drug-likeness (QED) is 0.438. The maximum Gasteiger partial charge on any atom is 0.252 e. The minimum absolute atomic E-state index is 0.0429. The number of hydrogen-bond donors (Lipinski definition) is 2. The molecule has 1 amide bonds. The zero-order chi connectivity index (χ0) is 27.0. The molecule has 4 rings (SSSR count). The lowest BCUT2D eigenvalue weighted by Gasteiger charge is -2.30. The van der Waals surface area contributed by atoms with Crippen LogP contribution in [0.25, 0.3) is 11.0 Å². The lowest BCUT2D eigenvalue weighted by atomic mass is 10.1. The average Bonchev–Trinajstić information content (AvgIpc) is 2.81. The molecule has 0 radical (unpaired) electrons. The van der Waals surface area contributed by atoms with Crippen LogP contribution < -0.4 is 16.2 Å². The molecule has 0 bridgehead atoms. The first-order chi connectivity index (χ1) is 17.3. The minimum Gasteiger partial charge on any atom is -0.351 e. The largest absolute Gasteiger partial charge is 0.351 e. The van der Waals surface area contributed by atoms with Crippen molar-refractivity contribution in [1.82, 2.24) is 18.8 Å². The van der Waals surface area contributed by atoms with Crippen molar-refractivity contribution in [3.63, 3.8) is 0 Å². The monoisotopic (exact) mass is 548 g/mol. The number of carbonyl (C=O) groups excluding carboxylic acids is 1. The van der Waals surface area contributed by atoms with Gasteiger partial charge in [0.15, 0.2) is 9.84 Å². The van der Waals surface area contributed by atoms with Gasteiger partial charge in [-0.3, -0.25) is 14.2 Å². The van der Waals surface area contributed by atoms with Gasteiger partial charge in [-0.05, 0) is 49.6 Å². The Balaban J connectivity index is 1.54. The van der Waals surface area contributed by atoms with Gasteiger partial charge >= 0.3 is 0 Å². The molecular weight excluding hydrogens is 520 g/mol. The summed E-state index contributed by atoms with van der Waals surface area (Å²) in [6.45, 7) is 2.22. The van der Waals surface area contributed by atoms with E-state index in [9.17, 15) is 26.4 Å². The number of sulfonamides is 1. The topological polar surface area (TPSA) is 160 Å². The fraction of sp³-hybridized carbons (Fsp3) is 0.391. The van der Waals surface area contributed by atoms with Crippen LogP contribution in [0.5, 0.6) is 0 Å². The summed E-state index contributed by atoms with van der Waals surface area (Å²) in [5.74, 6) is -0.207. The predicted octanol–water partition coefficient (Wildman–Crippen LogP) is 0.978. The van der Waals surface area contributed by atoms with E-state index in [1.54, 1.807) is 13.1 Å². The van der Waals surface area contributed by atoms with Crippen molar-refractivity contribution < 1.29 is 21.6 Å². The SMILES string of the molecule is Cc1cc(=O)n(CC(=O)Nc2ccc(S(C)(=O)=O)cc2)c2nc(NC3CCN(S(C)(=O)=O)CC3)ncc12. The van der Waals surface area contributed by atoms with E-state index in [4.69, 9.17) is 0 Å². The number of aromatic nitrogens is 3. The van der Waals surface area contributed by atoms with Gasteiger partial charge in [0.1, 0.15) is 12.2 Å². The van der Waals surface area contributed by atoms with E-state index >= 15 is 0 Å². The van der Waals surface area contributed by atoms with E-state index in [1.165, 1.54) is 45.5 Å². The Morgan fingerprint density at radius 2 is 1.73 bits per heavy atom. The Bertz CT molecular complexity index is 1610. The highest BCUT2D eigenvalue weighted by molar-refractivity contribution is 7.90. The van der Waals surface area contributed by atoms with Crippen LogP contribution in [0.3, 0.4) is 0 Å². The van der Waals surface area contributed by atoms with Crippen LogP contribution in [0, 0.1) is 6.92 Å². The minimum atomic E-state index is -3.36. The molecule has 3 heterocycles. The number of hydrogen-bond acceptors (Lipinski definition) is 9. The second kappa shape index (κ2) is 10.2. The van der Waals surface area contributed by atoms with E-state index < -0.39 is 31.3 Å². The standard InChI is InChI=1S/C23H28N6O6S2/c1-15-12-21(31)29(14-20(30)25-16-4-6-18(7-5-16)36(2,32)33)22-19(15)13-24-23(27-22)26-17-8-10-28(11-9-17)37(3,34)35/h4-7,12-13,17H,8-11,14H2,1-3H3,(H,25,30)(H,24,26,27). The molecule has 2 N–H and O–H groups in total. The number of nitrogens with one attached hydrogen (secondary N) is 2. The Morgan fingerprint density at radius 3 is 2.32 bits per heavy atom. The molecule has 1 aliphatic heterocycles. The molecule has 14 heteroatoms. The van der Waals surface area contributed by atoms with Crippen molar-refractivity contribution >= 4 is 48.4 Å². The fourth-order valence-electron chi connectivity index (χ4n) is 4.17. The molecule has 0 saturated carbocycles. The summed E-state index contributed by atoms with van der Waals surface area (Å²) in [6.07, 6.45) is 5.03. The molecule has 0 aliphatic carbocycles. The summed E-state index contributed by atoms with van der Waals surface area (Å²) in [5.41, 5.74) is 0.942. The molecule has 1 saturated heterocycles. The number of anilines is 2. The smallest absolute Gasteiger partial charge is 0.252 e. The number of piperidine rings is 1. The number of aryl methyl sites for hydroxylation is 1. The molecule has 1 aliphatic rings. The van der Waals surface area contributed by atoms with Gasteiger partial charge in [0.05, 0.1) is 11.2 Å². The molecule has 37 heavy (non-hydrogen) atoms. The molecule has 2 aromatic heterocycles. The Kier molecular flexibility index (Phi) is 7.35. The summed E-state index contributed by atoms with van der Waals surface area (Å²) in [7, 11) is -6.60. The van der Waals surface area contributed by atoms with Gasteiger partial charge in [-0.25, -0.2) is 26.1 Å². The highest BCUT2D eigenvalue weighted by atomic mass is 32.2. The molecule has 3 aromatic rings. The van der Waals surface area contributed by atoms with Crippen LogP contribution >= 0.6 is 0 Å². The van der Waals surface area contributed by atoms with E-state index in [0.29, 0.717) is 48.2 Å². The van der Waals surface area contributed by atoms with Gasteiger partial charge < -0.3 is 10.6 Å². The molecule has 0 spiro atoms. The molecule has 0 atom stereocenters. The van der Waals surface area contributed by atoms with Gasteiger partial charge in [0.25, 0.3) is 5.56 Å². The Hall–Kier alpha value is -3.36. The second-order valence-electron chi connectivity index (χ2n) is 9.11. The van der Waals surface area contributed by atoms with Crippen molar-refractivity contribution in [3.05, 3.63) is 52.4 Å². The van der Waals surface area contributed by atoms with Gasteiger partial charge in [0.2, 0.25) is 21.9 Å². The van der Waals surface area contributed by atoms with Crippen molar-refractivity contribution in [2.45, 2.75) is 37.2 Å². The molecular formula is C23H28N6O6S2. The number of rotatable bonds is 7. The number of nitrogens with zero attached hydrogens (tertiary/aromatic N) is 4. The first-order valence-corrected chi connectivity index (χ1v) is 15.2. The normalized spacial score (nSPS) is 15.5. The Morgan fingerprint density at radius 1 is 1.08 bits per heavy atom. The van der Waals surface area contributed by atoms with Crippen molar-refractivity contribution in [2.75, 3.05) is 36.2 Å². The van der Waals surface area contributed by atoms with Crippen molar-refractivity contribution in [1.29, 1.82) is 0 Å². The lowest BCUT2D eigenvalue weighted by molar-refractivity contribution is -0.116. The third-order valence-corrected chi connectivity index (χ3v) is 8.61. The molecule has 12 nitrogen and oxygen atoms in total. The predicted molar refractivity (Wildman–Crippen MR) is 140 cm³/mol. The van der Waals surface area contributed by atoms with Crippen LogP contribution in [0.4, 0.5) is 11.6 Å². The lowest BCUT2D eigenvalue weighted by Crippen LogP contribution is -2.42. The summed E-state index contributed by atoms with van der Waals surface area (Å²) < 4.78 is 49.5. The molecule has 1 aromatic carbocycles. The second-order valence-corrected chi connectivity index (χ2v) is 13.1.